The highest BCUT2D eigenvalue weighted by molar-refractivity contribution is 6.34. The molecule has 0 unspecified atom stereocenters. The summed E-state index contributed by atoms with van der Waals surface area (Å²) in [6.45, 7) is 0. The van der Waals surface area contributed by atoms with Crippen molar-refractivity contribution < 1.29 is 0 Å². The van der Waals surface area contributed by atoms with E-state index >= 15 is 0 Å². The third-order valence-electron chi connectivity index (χ3n) is 4.42. The van der Waals surface area contributed by atoms with Crippen molar-refractivity contribution in [3.63, 3.8) is 0 Å². The molecule has 5 heteroatoms. The predicted octanol–water partition coefficient (Wildman–Crippen LogP) is 7.00. The molecule has 130 valence electrons. The first kappa shape index (κ1) is 17.4. The molecule has 1 heterocycles. The fourth-order valence-corrected chi connectivity index (χ4v) is 3.72. The SMILES string of the molecule is Clc1ccc([C@@H]2CC(c3ccccc3Cl)=NN2c2cccc(Cl)c2)cc1. The van der Waals surface area contributed by atoms with Crippen LogP contribution < -0.4 is 5.01 Å². The number of benzene rings is 3. The molecule has 3 aromatic carbocycles. The van der Waals surface area contributed by atoms with Crippen LogP contribution in [0.25, 0.3) is 0 Å². The van der Waals surface area contributed by atoms with Crippen molar-refractivity contribution in [1.82, 2.24) is 0 Å². The van der Waals surface area contributed by atoms with Gasteiger partial charge in [0.15, 0.2) is 0 Å². The van der Waals surface area contributed by atoms with E-state index in [2.05, 4.69) is 0 Å². The first-order chi connectivity index (χ1) is 12.6. The molecule has 1 aliphatic rings. The lowest BCUT2D eigenvalue weighted by molar-refractivity contribution is 0.709. The van der Waals surface area contributed by atoms with E-state index in [9.17, 15) is 0 Å². The molecule has 0 saturated heterocycles. The Labute approximate surface area is 167 Å². The standard InChI is InChI=1S/C21H15Cl3N2/c22-15-10-8-14(9-11-15)21-13-20(18-6-1-2-7-19(18)24)25-26(21)17-5-3-4-16(23)12-17/h1-12,21H,13H2/t21-/m0/s1. The van der Waals surface area contributed by atoms with Crippen LogP contribution in [-0.2, 0) is 0 Å². The summed E-state index contributed by atoms with van der Waals surface area (Å²) in [7, 11) is 0. The van der Waals surface area contributed by atoms with Crippen LogP contribution in [0.5, 0.6) is 0 Å². The number of nitrogens with zero attached hydrogens (tertiary/aromatic N) is 2. The van der Waals surface area contributed by atoms with Crippen LogP contribution in [0.2, 0.25) is 15.1 Å². The highest BCUT2D eigenvalue weighted by Gasteiger charge is 2.30. The van der Waals surface area contributed by atoms with Crippen molar-refractivity contribution >= 4 is 46.2 Å². The van der Waals surface area contributed by atoms with Crippen molar-refractivity contribution in [3.8, 4) is 0 Å². The molecule has 0 bridgehead atoms. The average Bonchev–Trinajstić information content (AvgIpc) is 3.08. The lowest BCUT2D eigenvalue weighted by Gasteiger charge is -2.24. The molecule has 4 rings (SSSR count). The minimum absolute atomic E-state index is 0.0528. The molecule has 0 N–H and O–H groups in total. The monoisotopic (exact) mass is 400 g/mol. The Hall–Kier alpha value is -2.00. The predicted molar refractivity (Wildman–Crippen MR) is 111 cm³/mol. The Kier molecular flexibility index (Phi) is 4.90. The van der Waals surface area contributed by atoms with Crippen molar-refractivity contribution in [2.75, 3.05) is 5.01 Å². The number of hydrogen-bond donors (Lipinski definition) is 0. The first-order valence-electron chi connectivity index (χ1n) is 8.24. The molecule has 0 spiro atoms. The molecule has 26 heavy (non-hydrogen) atoms. The molecule has 0 saturated carbocycles. The fraction of sp³-hybridized carbons (Fsp3) is 0.0952. The summed E-state index contributed by atoms with van der Waals surface area (Å²) in [5, 5.41) is 8.99. The van der Waals surface area contributed by atoms with E-state index in [1.54, 1.807) is 0 Å². The van der Waals surface area contributed by atoms with Crippen LogP contribution >= 0.6 is 34.8 Å². The Morgan fingerprint density at radius 1 is 0.808 bits per heavy atom. The van der Waals surface area contributed by atoms with Crippen LogP contribution in [0.15, 0.2) is 77.9 Å². The number of halogens is 3. The summed E-state index contributed by atoms with van der Waals surface area (Å²) in [6.07, 6.45) is 0.748. The lowest BCUT2D eigenvalue weighted by atomic mass is 9.98. The maximum atomic E-state index is 6.40. The second kappa shape index (κ2) is 7.32. The zero-order valence-electron chi connectivity index (χ0n) is 13.7. The van der Waals surface area contributed by atoms with Gasteiger partial charge in [0.25, 0.3) is 0 Å². The zero-order chi connectivity index (χ0) is 18.1. The molecule has 0 aromatic heterocycles. The highest BCUT2D eigenvalue weighted by atomic mass is 35.5. The van der Waals surface area contributed by atoms with Gasteiger partial charge in [-0.3, -0.25) is 5.01 Å². The molecule has 1 atom stereocenters. The molecule has 1 aliphatic heterocycles. The Morgan fingerprint density at radius 2 is 1.58 bits per heavy atom. The van der Waals surface area contributed by atoms with Crippen LogP contribution in [-0.4, -0.2) is 5.71 Å². The molecule has 0 radical (unpaired) electrons. The normalized spacial score (nSPS) is 16.7. The van der Waals surface area contributed by atoms with E-state index in [-0.39, 0.29) is 6.04 Å². The molecule has 3 aromatic rings. The van der Waals surface area contributed by atoms with Crippen molar-refractivity contribution in [2.45, 2.75) is 12.5 Å². The molecule has 2 nitrogen and oxygen atoms in total. The van der Waals surface area contributed by atoms with Gasteiger partial charge in [0.2, 0.25) is 0 Å². The van der Waals surface area contributed by atoms with E-state index in [0.717, 1.165) is 28.9 Å². The van der Waals surface area contributed by atoms with E-state index in [1.165, 1.54) is 0 Å². The van der Waals surface area contributed by atoms with E-state index in [0.29, 0.717) is 15.1 Å². The summed E-state index contributed by atoms with van der Waals surface area (Å²) in [4.78, 5) is 0. The molecular weight excluding hydrogens is 387 g/mol. The van der Waals surface area contributed by atoms with Gasteiger partial charge in [-0.25, -0.2) is 0 Å². The van der Waals surface area contributed by atoms with Crippen molar-refractivity contribution in [3.05, 3.63) is 99.0 Å². The number of hydrazone groups is 1. The maximum absolute atomic E-state index is 6.40. The molecule has 0 fully saturated rings. The van der Waals surface area contributed by atoms with Gasteiger partial charge in [0.05, 0.1) is 17.4 Å². The summed E-state index contributed by atoms with van der Waals surface area (Å²) in [5.74, 6) is 0. The van der Waals surface area contributed by atoms with E-state index < -0.39 is 0 Å². The number of rotatable bonds is 3. The summed E-state index contributed by atoms with van der Waals surface area (Å²) in [5.41, 5.74) is 3.99. The molecular formula is C21H15Cl3N2. The van der Waals surface area contributed by atoms with Gasteiger partial charge in [0, 0.05) is 27.1 Å². The van der Waals surface area contributed by atoms with Gasteiger partial charge in [-0.1, -0.05) is 71.2 Å². The summed E-state index contributed by atoms with van der Waals surface area (Å²) >= 11 is 18.7. The van der Waals surface area contributed by atoms with Crippen molar-refractivity contribution in [1.29, 1.82) is 0 Å². The molecule has 0 aliphatic carbocycles. The van der Waals surface area contributed by atoms with Crippen LogP contribution in [0.4, 0.5) is 5.69 Å². The van der Waals surface area contributed by atoms with Crippen LogP contribution in [0.1, 0.15) is 23.6 Å². The van der Waals surface area contributed by atoms with Gasteiger partial charge in [-0.05, 0) is 42.0 Å². The third kappa shape index (κ3) is 3.45. The lowest BCUT2D eigenvalue weighted by Crippen LogP contribution is -2.18. The molecule has 0 amide bonds. The number of hydrogen-bond acceptors (Lipinski definition) is 2. The number of anilines is 1. The van der Waals surface area contributed by atoms with Gasteiger partial charge >= 0.3 is 0 Å². The van der Waals surface area contributed by atoms with Gasteiger partial charge in [0.1, 0.15) is 0 Å². The van der Waals surface area contributed by atoms with Gasteiger partial charge in [-0.15, -0.1) is 0 Å². The summed E-state index contributed by atoms with van der Waals surface area (Å²) in [6, 6.07) is 23.4. The maximum Gasteiger partial charge on any atom is 0.0831 e. The topological polar surface area (TPSA) is 15.6 Å². The third-order valence-corrected chi connectivity index (χ3v) is 5.24. The van der Waals surface area contributed by atoms with E-state index in [4.69, 9.17) is 39.9 Å². The zero-order valence-corrected chi connectivity index (χ0v) is 16.0. The second-order valence-corrected chi connectivity index (χ2v) is 7.40. The Bertz CT molecular complexity index is 967. The van der Waals surface area contributed by atoms with Crippen LogP contribution in [0.3, 0.4) is 0 Å². The minimum Gasteiger partial charge on any atom is -0.257 e. The van der Waals surface area contributed by atoms with Gasteiger partial charge in [-0.2, -0.15) is 5.10 Å². The highest BCUT2D eigenvalue weighted by Crippen LogP contribution is 2.38. The van der Waals surface area contributed by atoms with Crippen LogP contribution in [0, 0.1) is 0 Å². The first-order valence-corrected chi connectivity index (χ1v) is 9.38. The Balaban J connectivity index is 1.78. The minimum atomic E-state index is 0.0528. The fourth-order valence-electron chi connectivity index (χ4n) is 3.17. The summed E-state index contributed by atoms with van der Waals surface area (Å²) < 4.78 is 0. The van der Waals surface area contributed by atoms with Crippen molar-refractivity contribution in [2.24, 2.45) is 5.10 Å². The second-order valence-electron chi connectivity index (χ2n) is 6.12. The average molecular weight is 402 g/mol. The Morgan fingerprint density at radius 3 is 2.31 bits per heavy atom. The quantitative estimate of drug-likeness (QED) is 0.461. The smallest absolute Gasteiger partial charge is 0.0831 e. The van der Waals surface area contributed by atoms with Gasteiger partial charge < -0.3 is 0 Å². The largest absolute Gasteiger partial charge is 0.257 e. The van der Waals surface area contributed by atoms with E-state index in [1.807, 2.05) is 77.8 Å².